The van der Waals surface area contributed by atoms with Crippen LogP contribution in [0.3, 0.4) is 0 Å². The highest BCUT2D eigenvalue weighted by Crippen LogP contribution is 2.38. The molecule has 0 aliphatic carbocycles. The maximum Gasteiger partial charge on any atom is 0.238 e. The lowest BCUT2D eigenvalue weighted by Crippen LogP contribution is -2.32. The molecule has 2 aromatic carbocycles. The van der Waals surface area contributed by atoms with Crippen LogP contribution in [0, 0.1) is 10.5 Å². The van der Waals surface area contributed by atoms with Crippen LogP contribution >= 0.6 is 46.0 Å². The minimum atomic E-state index is -0.455. The number of nitrogens with one attached hydrogen (secondary N) is 2. The topological polar surface area (TPSA) is 58.2 Å². The Kier molecular flexibility index (Phi) is 5.36. The summed E-state index contributed by atoms with van der Waals surface area (Å²) in [5.41, 5.74) is 2.59. The molecule has 4 nitrogen and oxygen atoms in total. The predicted octanol–water partition coefficient (Wildman–Crippen LogP) is 4.69. The minimum Gasteiger partial charge on any atom is -0.326 e. The Morgan fingerprint density at radius 1 is 1.33 bits per heavy atom. The van der Waals surface area contributed by atoms with Crippen LogP contribution < -0.4 is 10.6 Å². The van der Waals surface area contributed by atoms with Crippen LogP contribution in [0.15, 0.2) is 41.3 Å². The van der Waals surface area contributed by atoms with Gasteiger partial charge in [-0.2, -0.15) is 0 Å². The van der Waals surface area contributed by atoms with Gasteiger partial charge in [-0.15, -0.1) is 11.8 Å². The first-order chi connectivity index (χ1) is 11.4. The van der Waals surface area contributed by atoms with Crippen LogP contribution in [0.4, 0.5) is 11.4 Å². The summed E-state index contributed by atoms with van der Waals surface area (Å²) in [4.78, 5) is 25.4. The standard InChI is InChI=1S/C17H14ClIN2O2S/c1-9-2-4-11(7-12(9)19)20-16(22)8-15-17(23)21-13-6-10(18)3-5-14(13)24-15/h2-7,15H,8H2,1H3,(H,20,22)(H,21,23). The highest BCUT2D eigenvalue weighted by atomic mass is 127. The van der Waals surface area contributed by atoms with E-state index in [1.165, 1.54) is 11.8 Å². The van der Waals surface area contributed by atoms with Crippen molar-refractivity contribution < 1.29 is 9.59 Å². The minimum absolute atomic E-state index is 0.114. The van der Waals surface area contributed by atoms with E-state index in [1.54, 1.807) is 12.1 Å². The molecule has 1 unspecified atom stereocenters. The summed E-state index contributed by atoms with van der Waals surface area (Å²) in [6.45, 7) is 2.01. The molecule has 0 fully saturated rings. The van der Waals surface area contributed by atoms with Crippen molar-refractivity contribution in [1.82, 2.24) is 0 Å². The van der Waals surface area contributed by atoms with Gasteiger partial charge in [0.25, 0.3) is 0 Å². The Labute approximate surface area is 162 Å². The molecule has 7 heteroatoms. The van der Waals surface area contributed by atoms with Crippen LogP contribution in [0.1, 0.15) is 12.0 Å². The van der Waals surface area contributed by atoms with E-state index < -0.39 is 5.25 Å². The second-order valence-corrected chi connectivity index (χ2v) is 8.30. The fourth-order valence-corrected chi connectivity index (χ4v) is 4.09. The van der Waals surface area contributed by atoms with Gasteiger partial charge < -0.3 is 10.6 Å². The number of hydrogen-bond donors (Lipinski definition) is 2. The number of benzene rings is 2. The molecule has 1 heterocycles. The van der Waals surface area contributed by atoms with Crippen LogP contribution in [0.2, 0.25) is 5.02 Å². The molecule has 0 radical (unpaired) electrons. The van der Waals surface area contributed by atoms with E-state index >= 15 is 0 Å². The molecule has 0 aromatic heterocycles. The number of halogens is 2. The second kappa shape index (κ2) is 7.33. The summed E-state index contributed by atoms with van der Waals surface area (Å²) in [6.07, 6.45) is 0.114. The highest BCUT2D eigenvalue weighted by molar-refractivity contribution is 14.1. The lowest BCUT2D eigenvalue weighted by molar-refractivity contribution is -0.120. The number of hydrogen-bond acceptors (Lipinski definition) is 3. The van der Waals surface area contributed by atoms with Gasteiger partial charge in [0.15, 0.2) is 0 Å². The third kappa shape index (κ3) is 4.04. The first kappa shape index (κ1) is 17.6. The quantitative estimate of drug-likeness (QED) is 0.637. The molecule has 1 atom stereocenters. The molecule has 3 rings (SSSR count). The molecule has 1 aliphatic heterocycles. The van der Waals surface area contributed by atoms with E-state index in [9.17, 15) is 9.59 Å². The molecule has 2 N–H and O–H groups in total. The van der Waals surface area contributed by atoms with Gasteiger partial charge >= 0.3 is 0 Å². The Morgan fingerprint density at radius 3 is 2.88 bits per heavy atom. The van der Waals surface area contributed by atoms with Crippen LogP contribution in [0.5, 0.6) is 0 Å². The smallest absolute Gasteiger partial charge is 0.238 e. The summed E-state index contributed by atoms with van der Waals surface area (Å²) >= 11 is 9.55. The van der Waals surface area contributed by atoms with Gasteiger partial charge in [0, 0.05) is 25.6 Å². The van der Waals surface area contributed by atoms with Crippen molar-refractivity contribution in [3.63, 3.8) is 0 Å². The number of carbonyl (C=O) groups excluding carboxylic acids is 2. The number of anilines is 2. The van der Waals surface area contributed by atoms with E-state index in [0.29, 0.717) is 10.7 Å². The predicted molar refractivity (Wildman–Crippen MR) is 107 cm³/mol. The van der Waals surface area contributed by atoms with E-state index in [4.69, 9.17) is 11.6 Å². The molecular formula is C17H14ClIN2O2S. The SMILES string of the molecule is Cc1ccc(NC(=O)CC2Sc3ccc(Cl)cc3NC2=O)cc1I. The van der Waals surface area contributed by atoms with Gasteiger partial charge in [-0.05, 0) is 65.4 Å². The Bertz CT molecular complexity index is 828. The lowest BCUT2D eigenvalue weighted by Gasteiger charge is -2.23. The monoisotopic (exact) mass is 472 g/mol. The van der Waals surface area contributed by atoms with Gasteiger partial charge in [-0.3, -0.25) is 9.59 Å². The number of amides is 2. The van der Waals surface area contributed by atoms with Gasteiger partial charge in [-0.1, -0.05) is 17.7 Å². The van der Waals surface area contributed by atoms with Gasteiger partial charge in [0.05, 0.1) is 10.9 Å². The lowest BCUT2D eigenvalue weighted by atomic mass is 10.2. The molecule has 124 valence electrons. The molecule has 0 saturated heterocycles. The molecule has 24 heavy (non-hydrogen) atoms. The normalized spacial score (nSPS) is 16.3. The van der Waals surface area contributed by atoms with Crippen molar-refractivity contribution in [3.05, 3.63) is 50.6 Å². The average Bonchev–Trinajstić information content (AvgIpc) is 2.52. The molecule has 2 aromatic rings. The number of carbonyl (C=O) groups is 2. The van der Waals surface area contributed by atoms with Gasteiger partial charge in [0.2, 0.25) is 11.8 Å². The van der Waals surface area contributed by atoms with Crippen LogP contribution in [-0.2, 0) is 9.59 Å². The van der Waals surface area contributed by atoms with E-state index in [2.05, 4.69) is 33.2 Å². The number of rotatable bonds is 3. The number of fused-ring (bicyclic) bond motifs is 1. The van der Waals surface area contributed by atoms with Crippen LogP contribution in [-0.4, -0.2) is 17.1 Å². The number of thioether (sulfide) groups is 1. The summed E-state index contributed by atoms with van der Waals surface area (Å²) in [7, 11) is 0. The van der Waals surface area contributed by atoms with Crippen molar-refractivity contribution in [1.29, 1.82) is 0 Å². The Hall–Kier alpha value is -1.25. The molecule has 2 amide bonds. The maximum absolute atomic E-state index is 12.3. The Morgan fingerprint density at radius 2 is 2.12 bits per heavy atom. The van der Waals surface area contributed by atoms with E-state index in [0.717, 1.165) is 19.7 Å². The van der Waals surface area contributed by atoms with Crippen molar-refractivity contribution >= 4 is 69.1 Å². The molecule has 0 saturated carbocycles. The molecule has 1 aliphatic rings. The fourth-order valence-electron chi connectivity index (χ4n) is 2.31. The third-order valence-electron chi connectivity index (χ3n) is 3.59. The Balaban J connectivity index is 1.67. The maximum atomic E-state index is 12.3. The molecule has 0 spiro atoms. The third-order valence-corrected chi connectivity index (χ3v) is 6.26. The van der Waals surface area contributed by atoms with E-state index in [-0.39, 0.29) is 18.2 Å². The molecule has 0 bridgehead atoms. The largest absolute Gasteiger partial charge is 0.326 e. The zero-order valence-electron chi connectivity index (χ0n) is 12.7. The zero-order valence-corrected chi connectivity index (χ0v) is 16.5. The summed E-state index contributed by atoms with van der Waals surface area (Å²) < 4.78 is 1.08. The van der Waals surface area contributed by atoms with Gasteiger partial charge in [-0.25, -0.2) is 0 Å². The highest BCUT2D eigenvalue weighted by Gasteiger charge is 2.29. The van der Waals surface area contributed by atoms with Crippen molar-refractivity contribution in [2.75, 3.05) is 10.6 Å². The van der Waals surface area contributed by atoms with Crippen molar-refractivity contribution in [2.24, 2.45) is 0 Å². The first-order valence-electron chi connectivity index (χ1n) is 7.25. The van der Waals surface area contributed by atoms with Gasteiger partial charge in [0.1, 0.15) is 0 Å². The summed E-state index contributed by atoms with van der Waals surface area (Å²) in [5.74, 6) is -0.358. The van der Waals surface area contributed by atoms with Crippen molar-refractivity contribution in [2.45, 2.75) is 23.5 Å². The van der Waals surface area contributed by atoms with E-state index in [1.807, 2.05) is 31.2 Å². The average molecular weight is 473 g/mol. The number of aryl methyl sites for hydroxylation is 1. The fraction of sp³-hybridized carbons (Fsp3) is 0.176. The summed E-state index contributed by atoms with van der Waals surface area (Å²) in [6, 6.07) is 11.1. The second-order valence-electron chi connectivity index (χ2n) is 5.45. The first-order valence-corrected chi connectivity index (χ1v) is 9.59. The van der Waals surface area contributed by atoms with Crippen molar-refractivity contribution in [3.8, 4) is 0 Å². The zero-order chi connectivity index (χ0) is 17.3. The molecular weight excluding hydrogens is 459 g/mol. The van der Waals surface area contributed by atoms with Crippen LogP contribution in [0.25, 0.3) is 0 Å². The summed E-state index contributed by atoms with van der Waals surface area (Å²) in [5, 5.41) is 5.78.